The molecular weight excluding hydrogens is 238 g/mol. The van der Waals surface area contributed by atoms with Gasteiger partial charge in [0.15, 0.2) is 9.84 Å². The quantitative estimate of drug-likeness (QED) is 0.838. The van der Waals surface area contributed by atoms with Gasteiger partial charge in [0.05, 0.1) is 18.6 Å². The van der Waals surface area contributed by atoms with Gasteiger partial charge in [-0.15, -0.1) is 0 Å². The van der Waals surface area contributed by atoms with E-state index in [0.29, 0.717) is 18.7 Å². The number of sulfone groups is 1. The number of hydrogen-bond donors (Lipinski definition) is 1. The maximum absolute atomic E-state index is 11.7. The van der Waals surface area contributed by atoms with Crippen molar-refractivity contribution in [1.29, 1.82) is 0 Å². The minimum absolute atomic E-state index is 0.0576. The minimum atomic E-state index is -3.02. The van der Waals surface area contributed by atoms with Gasteiger partial charge in [-0.2, -0.15) is 0 Å². The van der Waals surface area contributed by atoms with Gasteiger partial charge in [-0.3, -0.25) is 0 Å². The van der Waals surface area contributed by atoms with Gasteiger partial charge in [-0.25, -0.2) is 8.42 Å². The molecular formula is C12H19NO3S. The third-order valence-corrected chi connectivity index (χ3v) is 4.28. The Hall–Kier alpha value is -1.07. The van der Waals surface area contributed by atoms with Crippen molar-refractivity contribution in [2.75, 3.05) is 12.9 Å². The predicted molar refractivity (Wildman–Crippen MR) is 68.7 cm³/mol. The molecule has 0 aliphatic heterocycles. The zero-order valence-electron chi connectivity index (χ0n) is 10.3. The van der Waals surface area contributed by atoms with Gasteiger partial charge in [-0.1, -0.05) is 19.1 Å². The van der Waals surface area contributed by atoms with Crippen LogP contribution in [0.25, 0.3) is 0 Å². The summed E-state index contributed by atoms with van der Waals surface area (Å²) in [7, 11) is -1.46. The lowest BCUT2D eigenvalue weighted by molar-refractivity contribution is 0.409. The summed E-state index contributed by atoms with van der Waals surface area (Å²) in [6.07, 6.45) is 0.639. The molecule has 1 aromatic carbocycles. The van der Waals surface area contributed by atoms with Crippen molar-refractivity contribution >= 4 is 9.84 Å². The van der Waals surface area contributed by atoms with Crippen LogP contribution >= 0.6 is 0 Å². The van der Waals surface area contributed by atoms with E-state index in [1.54, 1.807) is 19.2 Å². The molecule has 0 radical (unpaired) electrons. The van der Waals surface area contributed by atoms with E-state index in [0.717, 1.165) is 11.1 Å². The van der Waals surface area contributed by atoms with Crippen LogP contribution in [0.5, 0.6) is 5.75 Å². The SMILES string of the molecule is CCCS(=O)(=O)Cc1ccc(CN)c(OC)c1. The van der Waals surface area contributed by atoms with Gasteiger partial charge >= 0.3 is 0 Å². The molecule has 0 bridgehead atoms. The minimum Gasteiger partial charge on any atom is -0.496 e. The molecule has 0 spiro atoms. The maximum Gasteiger partial charge on any atom is 0.154 e. The fourth-order valence-corrected chi connectivity index (χ4v) is 3.14. The number of ether oxygens (including phenoxy) is 1. The topological polar surface area (TPSA) is 69.4 Å². The van der Waals surface area contributed by atoms with Crippen LogP contribution in [-0.4, -0.2) is 21.3 Å². The Morgan fingerprint density at radius 3 is 2.59 bits per heavy atom. The Morgan fingerprint density at radius 1 is 1.35 bits per heavy atom. The van der Waals surface area contributed by atoms with Gasteiger partial charge in [0, 0.05) is 12.1 Å². The standard InChI is InChI=1S/C12H19NO3S/c1-3-6-17(14,15)9-10-4-5-11(8-13)12(7-10)16-2/h4-5,7H,3,6,8-9,13H2,1-2H3. The van der Waals surface area contributed by atoms with Crippen molar-refractivity contribution in [3.63, 3.8) is 0 Å². The lowest BCUT2D eigenvalue weighted by Gasteiger charge is -2.09. The number of benzene rings is 1. The lowest BCUT2D eigenvalue weighted by atomic mass is 10.1. The number of hydrogen-bond acceptors (Lipinski definition) is 4. The summed E-state index contributed by atoms with van der Waals surface area (Å²) < 4.78 is 28.6. The van der Waals surface area contributed by atoms with E-state index >= 15 is 0 Å². The number of rotatable bonds is 6. The number of nitrogens with two attached hydrogens (primary N) is 1. The summed E-state index contributed by atoms with van der Waals surface area (Å²) in [6, 6.07) is 5.35. The average molecular weight is 257 g/mol. The van der Waals surface area contributed by atoms with Crippen LogP contribution in [0, 0.1) is 0 Å². The van der Waals surface area contributed by atoms with Crippen molar-refractivity contribution in [3.8, 4) is 5.75 Å². The van der Waals surface area contributed by atoms with Crippen LogP contribution in [0.15, 0.2) is 18.2 Å². The Bertz CT molecular complexity index is 469. The zero-order chi connectivity index (χ0) is 12.9. The molecule has 2 N–H and O–H groups in total. The molecule has 1 rings (SSSR count). The highest BCUT2D eigenvalue weighted by atomic mass is 32.2. The van der Waals surface area contributed by atoms with E-state index in [2.05, 4.69) is 0 Å². The van der Waals surface area contributed by atoms with Crippen molar-refractivity contribution in [2.24, 2.45) is 5.73 Å². The molecule has 0 saturated heterocycles. The van der Waals surface area contributed by atoms with Crippen LogP contribution in [0.1, 0.15) is 24.5 Å². The van der Waals surface area contributed by atoms with Gasteiger partial charge in [0.1, 0.15) is 5.75 Å². The second-order valence-electron chi connectivity index (χ2n) is 3.94. The Kier molecular flexibility index (Phi) is 4.96. The maximum atomic E-state index is 11.7. The Balaban J connectivity index is 2.93. The third kappa shape index (κ3) is 4.02. The van der Waals surface area contributed by atoms with E-state index in [9.17, 15) is 8.42 Å². The molecule has 96 valence electrons. The molecule has 0 amide bonds. The monoisotopic (exact) mass is 257 g/mol. The predicted octanol–water partition coefficient (Wildman–Crippen LogP) is 1.48. The van der Waals surface area contributed by atoms with Crippen molar-refractivity contribution in [3.05, 3.63) is 29.3 Å². The van der Waals surface area contributed by atoms with Crippen LogP contribution in [0.4, 0.5) is 0 Å². The van der Waals surface area contributed by atoms with E-state index in [-0.39, 0.29) is 11.5 Å². The Labute approximate surface area is 103 Å². The molecule has 0 fully saturated rings. The molecule has 0 aliphatic carbocycles. The molecule has 0 saturated carbocycles. The first-order chi connectivity index (χ1) is 8.02. The summed E-state index contributed by atoms with van der Waals surface area (Å²) in [5.41, 5.74) is 7.17. The first-order valence-corrected chi connectivity index (χ1v) is 7.40. The fourth-order valence-electron chi connectivity index (χ4n) is 1.68. The van der Waals surface area contributed by atoms with Crippen molar-refractivity contribution in [1.82, 2.24) is 0 Å². The van der Waals surface area contributed by atoms with Crippen molar-refractivity contribution < 1.29 is 13.2 Å². The van der Waals surface area contributed by atoms with Crippen molar-refractivity contribution in [2.45, 2.75) is 25.6 Å². The van der Waals surface area contributed by atoms with Gasteiger partial charge in [-0.05, 0) is 18.1 Å². The molecule has 0 unspecified atom stereocenters. The van der Waals surface area contributed by atoms with E-state index in [1.807, 2.05) is 13.0 Å². The van der Waals surface area contributed by atoms with Crippen LogP contribution < -0.4 is 10.5 Å². The second kappa shape index (κ2) is 6.02. The highest BCUT2D eigenvalue weighted by Gasteiger charge is 2.12. The molecule has 5 heteroatoms. The summed E-state index contributed by atoms with van der Waals surface area (Å²) in [6.45, 7) is 2.24. The Morgan fingerprint density at radius 2 is 2.06 bits per heavy atom. The van der Waals surface area contributed by atoms with Gasteiger partial charge in [0.25, 0.3) is 0 Å². The summed E-state index contributed by atoms with van der Waals surface area (Å²) in [5.74, 6) is 0.924. The van der Waals surface area contributed by atoms with Crippen LogP contribution in [-0.2, 0) is 22.1 Å². The highest BCUT2D eigenvalue weighted by molar-refractivity contribution is 7.90. The largest absolute Gasteiger partial charge is 0.496 e. The molecule has 0 heterocycles. The normalized spacial score (nSPS) is 11.5. The molecule has 0 aliphatic rings. The van der Waals surface area contributed by atoms with Crippen LogP contribution in [0.2, 0.25) is 0 Å². The smallest absolute Gasteiger partial charge is 0.154 e. The summed E-state index contributed by atoms with van der Waals surface area (Å²) in [4.78, 5) is 0. The van der Waals surface area contributed by atoms with E-state index in [4.69, 9.17) is 10.5 Å². The van der Waals surface area contributed by atoms with Crippen LogP contribution in [0.3, 0.4) is 0 Å². The molecule has 17 heavy (non-hydrogen) atoms. The summed E-state index contributed by atoms with van der Waals surface area (Å²) in [5, 5.41) is 0. The number of methoxy groups -OCH3 is 1. The van der Waals surface area contributed by atoms with E-state index in [1.165, 1.54) is 0 Å². The fraction of sp³-hybridized carbons (Fsp3) is 0.500. The van der Waals surface area contributed by atoms with E-state index < -0.39 is 9.84 Å². The first-order valence-electron chi connectivity index (χ1n) is 5.58. The molecule has 1 aromatic rings. The molecule has 0 atom stereocenters. The second-order valence-corrected chi connectivity index (χ2v) is 6.13. The molecule has 0 aromatic heterocycles. The third-order valence-electron chi connectivity index (χ3n) is 2.47. The van der Waals surface area contributed by atoms with Gasteiger partial charge < -0.3 is 10.5 Å². The highest BCUT2D eigenvalue weighted by Crippen LogP contribution is 2.21. The average Bonchev–Trinajstić information content (AvgIpc) is 2.28. The summed E-state index contributed by atoms with van der Waals surface area (Å²) >= 11 is 0. The zero-order valence-corrected chi connectivity index (χ0v) is 11.1. The first kappa shape index (κ1) is 14.0. The van der Waals surface area contributed by atoms with Gasteiger partial charge in [0.2, 0.25) is 0 Å². The lowest BCUT2D eigenvalue weighted by Crippen LogP contribution is -2.09. The molecule has 4 nitrogen and oxygen atoms in total.